The van der Waals surface area contributed by atoms with Gasteiger partial charge in [0.15, 0.2) is 0 Å². The molecule has 0 radical (unpaired) electrons. The molecule has 0 bridgehead atoms. The van der Waals surface area contributed by atoms with Gasteiger partial charge < -0.3 is 5.32 Å². The predicted octanol–water partition coefficient (Wildman–Crippen LogP) is 5.09. The van der Waals surface area contributed by atoms with Crippen LogP contribution >= 0.6 is 38.9 Å². The van der Waals surface area contributed by atoms with Gasteiger partial charge in [0.1, 0.15) is 0 Å². The normalized spacial score (nSPS) is 12.7. The van der Waals surface area contributed by atoms with E-state index in [9.17, 15) is 0 Å². The van der Waals surface area contributed by atoms with Gasteiger partial charge in [-0.25, -0.2) is 0 Å². The van der Waals surface area contributed by atoms with Crippen molar-refractivity contribution in [2.75, 3.05) is 7.05 Å². The Morgan fingerprint density at radius 1 is 1.33 bits per heavy atom. The van der Waals surface area contributed by atoms with Crippen LogP contribution in [0.1, 0.15) is 26.9 Å². The minimum atomic E-state index is 0.147. The summed E-state index contributed by atoms with van der Waals surface area (Å²) in [6.45, 7) is 4.28. The van der Waals surface area contributed by atoms with E-state index < -0.39 is 0 Å². The molecule has 0 amide bonds. The summed E-state index contributed by atoms with van der Waals surface area (Å²) in [5, 5.41) is 4.14. The molecule has 0 saturated carbocycles. The van der Waals surface area contributed by atoms with Gasteiger partial charge in [0.25, 0.3) is 0 Å². The Balaban J connectivity index is 2.52. The maximum absolute atomic E-state index is 6.39. The van der Waals surface area contributed by atoms with Crippen LogP contribution in [-0.4, -0.2) is 7.05 Å². The van der Waals surface area contributed by atoms with Gasteiger partial charge in [0.05, 0.1) is 11.1 Å². The van der Waals surface area contributed by atoms with E-state index in [-0.39, 0.29) is 6.04 Å². The molecular formula is C14H15BrClNS. The molecule has 0 spiro atoms. The van der Waals surface area contributed by atoms with Crippen LogP contribution in [0.4, 0.5) is 0 Å². The largest absolute Gasteiger partial charge is 0.309 e. The number of hydrogen-bond donors (Lipinski definition) is 1. The second kappa shape index (κ2) is 5.74. The van der Waals surface area contributed by atoms with Gasteiger partial charge in [-0.3, -0.25) is 0 Å². The van der Waals surface area contributed by atoms with Crippen molar-refractivity contribution in [1.29, 1.82) is 0 Å². The highest BCUT2D eigenvalue weighted by Crippen LogP contribution is 2.37. The Hall–Kier alpha value is -0.350. The number of nitrogens with one attached hydrogen (secondary N) is 1. The molecule has 18 heavy (non-hydrogen) atoms. The summed E-state index contributed by atoms with van der Waals surface area (Å²) in [4.78, 5) is 2.66. The van der Waals surface area contributed by atoms with E-state index in [1.165, 1.54) is 15.3 Å². The third-order valence-electron chi connectivity index (χ3n) is 2.92. The molecule has 1 heterocycles. The first-order valence-corrected chi connectivity index (χ1v) is 7.71. The SMILES string of the molecule is CNC(c1cccc(Br)c1Cl)c1sc(C)cc1C. The van der Waals surface area contributed by atoms with E-state index in [2.05, 4.69) is 47.2 Å². The van der Waals surface area contributed by atoms with Crippen LogP contribution in [0.15, 0.2) is 28.7 Å². The molecular weight excluding hydrogens is 330 g/mol. The molecule has 1 aromatic carbocycles. The Labute approximate surface area is 125 Å². The number of rotatable bonds is 3. The van der Waals surface area contributed by atoms with Crippen molar-refractivity contribution in [2.24, 2.45) is 0 Å². The average molecular weight is 345 g/mol. The number of halogens is 2. The molecule has 0 fully saturated rings. The molecule has 1 nitrogen and oxygen atoms in total. The minimum absolute atomic E-state index is 0.147. The van der Waals surface area contributed by atoms with Crippen LogP contribution in [0, 0.1) is 13.8 Å². The van der Waals surface area contributed by atoms with Crippen molar-refractivity contribution < 1.29 is 0 Å². The smallest absolute Gasteiger partial charge is 0.0686 e. The fourth-order valence-corrected chi connectivity index (χ4v) is 3.90. The van der Waals surface area contributed by atoms with Crippen molar-refractivity contribution in [3.05, 3.63) is 54.6 Å². The molecule has 2 rings (SSSR count). The molecule has 96 valence electrons. The first-order chi connectivity index (χ1) is 8.54. The molecule has 0 aliphatic rings. The summed E-state index contributed by atoms with van der Waals surface area (Å²) in [5.41, 5.74) is 2.42. The lowest BCUT2D eigenvalue weighted by molar-refractivity contribution is 0.700. The van der Waals surface area contributed by atoms with Crippen molar-refractivity contribution in [2.45, 2.75) is 19.9 Å². The van der Waals surface area contributed by atoms with Gasteiger partial charge in [-0.15, -0.1) is 11.3 Å². The van der Waals surface area contributed by atoms with Crippen molar-refractivity contribution >= 4 is 38.9 Å². The number of aryl methyl sites for hydroxylation is 2. The van der Waals surface area contributed by atoms with Gasteiger partial charge in [0.2, 0.25) is 0 Å². The quantitative estimate of drug-likeness (QED) is 0.818. The van der Waals surface area contributed by atoms with Crippen molar-refractivity contribution in [3.63, 3.8) is 0 Å². The lowest BCUT2D eigenvalue weighted by Crippen LogP contribution is -2.17. The number of hydrogen-bond acceptors (Lipinski definition) is 2. The predicted molar refractivity (Wildman–Crippen MR) is 83.8 cm³/mol. The van der Waals surface area contributed by atoms with Gasteiger partial charge >= 0.3 is 0 Å². The molecule has 1 unspecified atom stereocenters. The van der Waals surface area contributed by atoms with E-state index in [0.29, 0.717) is 0 Å². The summed E-state index contributed by atoms with van der Waals surface area (Å²) in [5.74, 6) is 0. The zero-order chi connectivity index (χ0) is 13.3. The molecule has 1 N–H and O–H groups in total. The van der Waals surface area contributed by atoms with Crippen LogP contribution in [0.2, 0.25) is 5.02 Å². The number of benzene rings is 1. The molecule has 4 heteroatoms. The second-order valence-corrected chi connectivity index (χ2v) is 6.79. The Morgan fingerprint density at radius 3 is 2.61 bits per heavy atom. The number of thiophene rings is 1. The van der Waals surface area contributed by atoms with E-state index in [0.717, 1.165) is 15.1 Å². The maximum atomic E-state index is 6.39. The van der Waals surface area contributed by atoms with E-state index in [1.807, 2.05) is 30.5 Å². The van der Waals surface area contributed by atoms with Gasteiger partial charge in [-0.1, -0.05) is 23.7 Å². The zero-order valence-corrected chi connectivity index (χ0v) is 13.7. The Kier molecular flexibility index (Phi) is 4.49. The standard InChI is InChI=1S/C14H15BrClNS/c1-8-7-9(2)18-14(8)13(17-3)10-5-4-6-11(15)12(10)16/h4-7,13,17H,1-3H3. The molecule has 0 saturated heterocycles. The van der Waals surface area contributed by atoms with Gasteiger partial charge in [0, 0.05) is 14.2 Å². The van der Waals surface area contributed by atoms with E-state index >= 15 is 0 Å². The lowest BCUT2D eigenvalue weighted by Gasteiger charge is -2.18. The minimum Gasteiger partial charge on any atom is -0.309 e. The van der Waals surface area contributed by atoms with Crippen LogP contribution in [0.3, 0.4) is 0 Å². The Bertz CT molecular complexity index is 565. The Morgan fingerprint density at radius 2 is 2.06 bits per heavy atom. The van der Waals surface area contributed by atoms with E-state index in [1.54, 1.807) is 0 Å². The van der Waals surface area contributed by atoms with Crippen LogP contribution in [0.5, 0.6) is 0 Å². The first kappa shape index (κ1) is 14.1. The molecule has 1 atom stereocenters. The van der Waals surface area contributed by atoms with Crippen LogP contribution in [-0.2, 0) is 0 Å². The summed E-state index contributed by atoms with van der Waals surface area (Å²) < 4.78 is 0.938. The lowest BCUT2D eigenvalue weighted by atomic mass is 10.0. The third-order valence-corrected chi connectivity index (χ3v) is 5.45. The monoisotopic (exact) mass is 343 g/mol. The van der Waals surface area contributed by atoms with Gasteiger partial charge in [-0.05, 0) is 60.1 Å². The fourth-order valence-electron chi connectivity index (χ4n) is 2.12. The average Bonchev–Trinajstić information content (AvgIpc) is 2.65. The van der Waals surface area contributed by atoms with E-state index in [4.69, 9.17) is 11.6 Å². The molecule has 2 aromatic rings. The van der Waals surface area contributed by atoms with Gasteiger partial charge in [-0.2, -0.15) is 0 Å². The third kappa shape index (κ3) is 2.64. The summed E-state index contributed by atoms with van der Waals surface area (Å²) in [7, 11) is 1.97. The highest BCUT2D eigenvalue weighted by molar-refractivity contribution is 9.10. The first-order valence-electron chi connectivity index (χ1n) is 5.72. The fraction of sp³-hybridized carbons (Fsp3) is 0.286. The van der Waals surface area contributed by atoms with Crippen LogP contribution in [0.25, 0.3) is 0 Å². The van der Waals surface area contributed by atoms with Crippen molar-refractivity contribution in [1.82, 2.24) is 5.32 Å². The maximum Gasteiger partial charge on any atom is 0.0686 e. The molecule has 1 aromatic heterocycles. The van der Waals surface area contributed by atoms with Crippen molar-refractivity contribution in [3.8, 4) is 0 Å². The van der Waals surface area contributed by atoms with Crippen LogP contribution < -0.4 is 5.32 Å². The highest BCUT2D eigenvalue weighted by atomic mass is 79.9. The highest BCUT2D eigenvalue weighted by Gasteiger charge is 2.20. The molecule has 0 aliphatic heterocycles. The zero-order valence-electron chi connectivity index (χ0n) is 10.6. The summed E-state index contributed by atoms with van der Waals surface area (Å²) in [6, 6.07) is 8.42. The topological polar surface area (TPSA) is 12.0 Å². The summed E-state index contributed by atoms with van der Waals surface area (Å²) in [6.07, 6.45) is 0. The molecule has 0 aliphatic carbocycles. The second-order valence-electron chi connectivity index (χ2n) is 4.27. The summed E-state index contributed by atoms with van der Waals surface area (Å²) >= 11 is 11.7.